The minimum Gasteiger partial charge on any atom is -0.497 e. The van der Waals surface area contributed by atoms with Crippen LogP contribution in [0.3, 0.4) is 0 Å². The van der Waals surface area contributed by atoms with Gasteiger partial charge in [-0.3, -0.25) is 0 Å². The van der Waals surface area contributed by atoms with Gasteiger partial charge >= 0.3 is 0 Å². The smallest absolute Gasteiger partial charge is 0.228 e. The summed E-state index contributed by atoms with van der Waals surface area (Å²) in [6.07, 6.45) is 0. The monoisotopic (exact) mass is 424 g/mol. The molecule has 0 radical (unpaired) electrons. The maximum Gasteiger partial charge on any atom is 0.228 e. The Morgan fingerprint density at radius 2 is 1.90 bits per heavy atom. The van der Waals surface area contributed by atoms with E-state index in [4.69, 9.17) is 21.1 Å². The van der Waals surface area contributed by atoms with Gasteiger partial charge in [0.05, 0.1) is 29.7 Å². The van der Waals surface area contributed by atoms with Gasteiger partial charge in [0.2, 0.25) is 11.8 Å². The van der Waals surface area contributed by atoms with Crippen molar-refractivity contribution < 1.29 is 9.47 Å². The van der Waals surface area contributed by atoms with E-state index in [0.29, 0.717) is 40.7 Å². The van der Waals surface area contributed by atoms with E-state index >= 15 is 0 Å². The van der Waals surface area contributed by atoms with Crippen molar-refractivity contribution in [1.82, 2.24) is 19.9 Å². The third-order valence-corrected chi connectivity index (χ3v) is 4.65. The van der Waals surface area contributed by atoms with E-state index in [-0.39, 0.29) is 0 Å². The summed E-state index contributed by atoms with van der Waals surface area (Å²) in [6.45, 7) is 0.439. The van der Waals surface area contributed by atoms with Crippen LogP contribution in [0.25, 0.3) is 11.0 Å². The molecule has 30 heavy (non-hydrogen) atoms. The molecule has 154 valence electrons. The molecule has 0 unspecified atom stereocenters. The van der Waals surface area contributed by atoms with Crippen LogP contribution in [0.5, 0.6) is 17.4 Å². The maximum absolute atomic E-state index is 6.29. The second kappa shape index (κ2) is 8.46. The number of aromatic nitrogens is 4. The molecule has 0 atom stereocenters. The molecule has 0 amide bonds. The van der Waals surface area contributed by atoms with Crippen molar-refractivity contribution in [2.75, 3.05) is 31.4 Å². The van der Waals surface area contributed by atoms with Crippen molar-refractivity contribution >= 4 is 34.4 Å². The molecule has 2 heterocycles. The zero-order chi connectivity index (χ0) is 21.1. The number of nitrogens with one attached hydrogen (secondary N) is 2. The number of ether oxygens (including phenoxy) is 2. The van der Waals surface area contributed by atoms with Crippen LogP contribution in [0.4, 0.5) is 11.8 Å². The largest absolute Gasteiger partial charge is 0.497 e. The summed E-state index contributed by atoms with van der Waals surface area (Å²) in [6, 6.07) is 14.8. The number of rotatable bonds is 7. The number of anilines is 2. The van der Waals surface area contributed by atoms with Crippen LogP contribution in [0.1, 0.15) is 5.82 Å². The third kappa shape index (κ3) is 4.38. The van der Waals surface area contributed by atoms with Crippen LogP contribution in [-0.2, 0) is 6.54 Å². The van der Waals surface area contributed by atoms with Crippen molar-refractivity contribution in [1.29, 1.82) is 0 Å². The number of hydrogen-bond donors (Lipinski definition) is 2. The van der Waals surface area contributed by atoms with Crippen LogP contribution in [0.15, 0.2) is 48.5 Å². The van der Waals surface area contributed by atoms with Gasteiger partial charge in [-0.1, -0.05) is 23.7 Å². The molecular formula is C21H21ClN6O2. The molecule has 2 aromatic heterocycles. The Kier molecular flexibility index (Phi) is 5.58. The minimum atomic E-state index is 0.368. The van der Waals surface area contributed by atoms with Crippen molar-refractivity contribution in [3.8, 4) is 17.4 Å². The van der Waals surface area contributed by atoms with Crippen molar-refractivity contribution in [3.63, 3.8) is 0 Å². The van der Waals surface area contributed by atoms with Gasteiger partial charge in [0.15, 0.2) is 0 Å². The van der Waals surface area contributed by atoms with Crippen molar-refractivity contribution in [2.24, 2.45) is 0 Å². The summed E-state index contributed by atoms with van der Waals surface area (Å²) in [5.41, 5.74) is 1.89. The molecule has 9 heteroatoms. The molecule has 8 nitrogen and oxygen atoms in total. The van der Waals surface area contributed by atoms with Gasteiger partial charge in [0.25, 0.3) is 0 Å². The summed E-state index contributed by atoms with van der Waals surface area (Å²) >= 11 is 6.29. The number of nitrogens with zero attached hydrogens (tertiary/aromatic N) is 4. The van der Waals surface area contributed by atoms with Crippen LogP contribution in [0.2, 0.25) is 5.02 Å². The fraction of sp³-hybridized carbons (Fsp3) is 0.190. The highest BCUT2D eigenvalue weighted by atomic mass is 35.5. The van der Waals surface area contributed by atoms with Crippen LogP contribution < -0.4 is 19.7 Å². The van der Waals surface area contributed by atoms with Crippen LogP contribution in [-0.4, -0.2) is 41.1 Å². The second-order valence-electron chi connectivity index (χ2n) is 6.74. The van der Waals surface area contributed by atoms with Gasteiger partial charge < -0.3 is 24.7 Å². The second-order valence-corrected chi connectivity index (χ2v) is 7.14. The average molecular weight is 425 g/mol. The molecule has 0 bridgehead atoms. The maximum atomic E-state index is 6.29. The summed E-state index contributed by atoms with van der Waals surface area (Å²) in [7, 11) is 5.38. The van der Waals surface area contributed by atoms with E-state index in [2.05, 4.69) is 25.3 Å². The lowest BCUT2D eigenvalue weighted by atomic mass is 10.3. The molecule has 0 spiro atoms. The Balaban J connectivity index is 1.56. The Morgan fingerprint density at radius 1 is 1.07 bits per heavy atom. The van der Waals surface area contributed by atoms with Crippen molar-refractivity contribution in [2.45, 2.75) is 6.54 Å². The quantitative estimate of drug-likeness (QED) is 0.452. The molecule has 4 rings (SSSR count). The van der Waals surface area contributed by atoms with E-state index in [1.807, 2.05) is 43.3 Å². The van der Waals surface area contributed by atoms with Gasteiger partial charge in [-0.15, -0.1) is 0 Å². The lowest BCUT2D eigenvalue weighted by Gasteiger charge is -2.15. The van der Waals surface area contributed by atoms with Gasteiger partial charge in [-0.05, 0) is 24.3 Å². The van der Waals surface area contributed by atoms with Crippen molar-refractivity contribution in [3.05, 3.63) is 59.4 Å². The van der Waals surface area contributed by atoms with E-state index in [0.717, 1.165) is 16.9 Å². The summed E-state index contributed by atoms with van der Waals surface area (Å²) < 4.78 is 11.1. The fourth-order valence-corrected chi connectivity index (χ4v) is 3.04. The number of imidazole rings is 1. The topological polar surface area (TPSA) is 88.2 Å². The molecule has 0 saturated carbocycles. The van der Waals surface area contributed by atoms with Crippen LogP contribution >= 0.6 is 11.6 Å². The Bertz CT molecular complexity index is 1140. The number of aromatic amines is 1. The molecule has 0 aliphatic heterocycles. The Morgan fingerprint density at radius 3 is 2.63 bits per heavy atom. The zero-order valence-corrected chi connectivity index (χ0v) is 17.6. The Labute approximate surface area is 178 Å². The lowest BCUT2D eigenvalue weighted by Crippen LogP contribution is -2.13. The average Bonchev–Trinajstić information content (AvgIpc) is 3.16. The first-order chi connectivity index (χ1) is 14.5. The first kappa shape index (κ1) is 19.8. The molecule has 4 aromatic rings. The Hall–Kier alpha value is -3.52. The van der Waals surface area contributed by atoms with E-state index < -0.39 is 0 Å². The standard InChI is InChI=1S/C21H21ClN6O2/c1-28(2)19-11-20(30-17-9-8-13(29-3)10-14(17)22)27-21(26-19)23-12-18-24-15-6-4-5-7-16(15)25-18/h4-11H,12H2,1-3H3,(H,24,25)(H,23,26,27). The first-order valence-corrected chi connectivity index (χ1v) is 9.65. The molecule has 2 aromatic carbocycles. The van der Waals surface area contributed by atoms with Crippen LogP contribution in [0, 0.1) is 0 Å². The molecule has 0 saturated heterocycles. The van der Waals surface area contributed by atoms with Gasteiger partial charge in [-0.25, -0.2) is 4.98 Å². The number of fused-ring (bicyclic) bond motifs is 1. The third-order valence-electron chi connectivity index (χ3n) is 4.35. The van der Waals surface area contributed by atoms with E-state index in [1.54, 1.807) is 31.4 Å². The molecule has 0 fully saturated rings. The predicted molar refractivity (Wildman–Crippen MR) is 118 cm³/mol. The fourth-order valence-electron chi connectivity index (χ4n) is 2.83. The summed E-state index contributed by atoms with van der Waals surface area (Å²) in [5, 5.41) is 3.63. The number of halogens is 1. The summed E-state index contributed by atoms with van der Waals surface area (Å²) in [5.74, 6) is 3.39. The highest BCUT2D eigenvalue weighted by Crippen LogP contribution is 2.32. The number of methoxy groups -OCH3 is 1. The molecule has 2 N–H and O–H groups in total. The molecular weight excluding hydrogens is 404 g/mol. The molecule has 0 aliphatic carbocycles. The number of para-hydroxylation sites is 2. The number of hydrogen-bond acceptors (Lipinski definition) is 7. The van der Waals surface area contributed by atoms with E-state index in [9.17, 15) is 0 Å². The van der Waals surface area contributed by atoms with Gasteiger partial charge in [0.1, 0.15) is 23.1 Å². The highest BCUT2D eigenvalue weighted by Gasteiger charge is 2.12. The zero-order valence-electron chi connectivity index (χ0n) is 16.8. The highest BCUT2D eigenvalue weighted by molar-refractivity contribution is 6.32. The predicted octanol–water partition coefficient (Wildman–Crippen LogP) is 4.49. The SMILES string of the molecule is COc1ccc(Oc2cc(N(C)C)nc(NCc3nc4ccccc4[nH]3)n2)c(Cl)c1. The number of H-pyrrole nitrogens is 1. The van der Waals surface area contributed by atoms with Gasteiger partial charge in [-0.2, -0.15) is 9.97 Å². The number of benzene rings is 2. The van der Waals surface area contributed by atoms with E-state index in [1.165, 1.54) is 0 Å². The molecule has 0 aliphatic rings. The normalized spacial score (nSPS) is 10.8. The summed E-state index contributed by atoms with van der Waals surface area (Å²) in [4.78, 5) is 18.7. The first-order valence-electron chi connectivity index (χ1n) is 9.27. The lowest BCUT2D eigenvalue weighted by molar-refractivity contribution is 0.412. The van der Waals surface area contributed by atoms with Gasteiger partial charge in [0, 0.05) is 26.2 Å². The minimum absolute atomic E-state index is 0.368.